The van der Waals surface area contributed by atoms with Gasteiger partial charge in [0.15, 0.2) is 0 Å². The van der Waals surface area contributed by atoms with Gasteiger partial charge in [0, 0.05) is 12.1 Å². The molecule has 0 radical (unpaired) electrons. The van der Waals surface area contributed by atoms with E-state index < -0.39 is 18.0 Å². The van der Waals surface area contributed by atoms with Gasteiger partial charge in [-0.05, 0) is 49.9 Å². The molecule has 0 aromatic heterocycles. The number of aryl methyl sites for hydroxylation is 1. The van der Waals surface area contributed by atoms with Crippen molar-refractivity contribution in [2.45, 2.75) is 39.2 Å². The second-order valence-electron chi connectivity index (χ2n) is 7.55. The molecule has 7 N–H and O–H groups in total. The predicted octanol–water partition coefficient (Wildman–Crippen LogP) is 0.378. The molecule has 0 aliphatic heterocycles. The number of benzene rings is 1. The number of hydrogen-bond donors (Lipinski definition) is 6. The highest BCUT2D eigenvalue weighted by Crippen LogP contribution is 2.33. The third-order valence-electron chi connectivity index (χ3n) is 4.81. The number of amides is 4. The third kappa shape index (κ3) is 8.53. The first-order valence-corrected chi connectivity index (χ1v) is 10.5. The molecule has 1 aromatic carbocycles. The molecule has 1 atom stereocenters. The Hall–Kier alpha value is -3.30. The molecular formula is C21H32N6O4. The highest BCUT2D eigenvalue weighted by atomic mass is 16.5. The SMILES string of the molecule is CCNC(=O)C(CC1CC1)NC(=O)CNC(=O)NCCOc1ccc(C(=N)N)cc1C. The summed E-state index contributed by atoms with van der Waals surface area (Å²) in [6.07, 6.45) is 2.78. The van der Waals surface area contributed by atoms with Crippen molar-refractivity contribution in [2.75, 3.05) is 26.2 Å². The van der Waals surface area contributed by atoms with Crippen LogP contribution in [0.5, 0.6) is 5.75 Å². The van der Waals surface area contributed by atoms with E-state index in [1.54, 1.807) is 18.2 Å². The summed E-state index contributed by atoms with van der Waals surface area (Å²) < 4.78 is 5.61. The summed E-state index contributed by atoms with van der Waals surface area (Å²) in [5, 5.41) is 17.9. The van der Waals surface area contributed by atoms with Crippen molar-refractivity contribution in [1.29, 1.82) is 5.41 Å². The van der Waals surface area contributed by atoms with Gasteiger partial charge in [0.05, 0.1) is 13.1 Å². The van der Waals surface area contributed by atoms with Gasteiger partial charge in [-0.25, -0.2) is 4.79 Å². The standard InChI is InChI=1S/C21H32N6O4/c1-3-24-20(29)16(11-14-4-5-14)27-18(28)12-26-21(30)25-8-9-31-17-7-6-15(19(22)23)10-13(17)2/h6-7,10,14,16H,3-5,8-9,11-12H2,1-2H3,(H3,22,23)(H,24,29)(H,27,28)(H2,25,26,30). The van der Waals surface area contributed by atoms with E-state index in [1.165, 1.54) is 0 Å². The van der Waals surface area contributed by atoms with Gasteiger partial charge in [-0.3, -0.25) is 15.0 Å². The Morgan fingerprint density at radius 2 is 1.97 bits per heavy atom. The lowest BCUT2D eigenvalue weighted by Gasteiger charge is -2.18. The first kappa shape index (κ1) is 24.0. The Morgan fingerprint density at radius 3 is 2.58 bits per heavy atom. The zero-order valence-corrected chi connectivity index (χ0v) is 18.0. The lowest BCUT2D eigenvalue weighted by Crippen LogP contribution is -2.50. The van der Waals surface area contributed by atoms with Crippen LogP contribution in [0.3, 0.4) is 0 Å². The van der Waals surface area contributed by atoms with Crippen molar-refractivity contribution in [3.63, 3.8) is 0 Å². The number of nitrogen functional groups attached to an aromatic ring is 1. The minimum absolute atomic E-state index is 0.0122. The highest BCUT2D eigenvalue weighted by molar-refractivity contribution is 5.95. The smallest absolute Gasteiger partial charge is 0.315 e. The summed E-state index contributed by atoms with van der Waals surface area (Å²) in [6, 6.07) is 4.10. The van der Waals surface area contributed by atoms with Crippen LogP contribution in [0.2, 0.25) is 0 Å². The van der Waals surface area contributed by atoms with E-state index in [4.69, 9.17) is 15.9 Å². The molecule has 10 heteroatoms. The number of nitrogens with one attached hydrogen (secondary N) is 5. The molecule has 0 heterocycles. The molecule has 2 rings (SSSR count). The number of likely N-dealkylation sites (N-methyl/N-ethyl adjacent to an activating group) is 1. The van der Waals surface area contributed by atoms with Gasteiger partial charge in [-0.2, -0.15) is 0 Å². The molecule has 0 spiro atoms. The molecule has 1 saturated carbocycles. The minimum Gasteiger partial charge on any atom is -0.491 e. The van der Waals surface area contributed by atoms with Crippen molar-refractivity contribution in [1.82, 2.24) is 21.3 Å². The normalized spacial score (nSPS) is 13.6. The van der Waals surface area contributed by atoms with E-state index >= 15 is 0 Å². The monoisotopic (exact) mass is 432 g/mol. The predicted molar refractivity (Wildman–Crippen MR) is 117 cm³/mol. The van der Waals surface area contributed by atoms with Crippen molar-refractivity contribution in [3.05, 3.63) is 29.3 Å². The molecule has 1 aliphatic rings. The number of carbonyl (C=O) groups is 3. The van der Waals surface area contributed by atoms with E-state index in [2.05, 4.69) is 21.3 Å². The van der Waals surface area contributed by atoms with Crippen LogP contribution >= 0.6 is 0 Å². The van der Waals surface area contributed by atoms with Gasteiger partial charge < -0.3 is 31.7 Å². The number of rotatable bonds is 12. The van der Waals surface area contributed by atoms with E-state index in [0.717, 1.165) is 18.4 Å². The first-order chi connectivity index (χ1) is 14.8. The Balaban J connectivity index is 1.66. The lowest BCUT2D eigenvalue weighted by atomic mass is 10.1. The van der Waals surface area contributed by atoms with E-state index in [1.807, 2.05) is 13.8 Å². The maximum atomic E-state index is 12.1. The fraction of sp³-hybridized carbons (Fsp3) is 0.524. The van der Waals surface area contributed by atoms with Gasteiger partial charge in [0.1, 0.15) is 24.2 Å². The number of ether oxygens (including phenoxy) is 1. The Bertz CT molecular complexity index is 809. The summed E-state index contributed by atoms with van der Waals surface area (Å²) in [5.41, 5.74) is 6.91. The van der Waals surface area contributed by atoms with Crippen molar-refractivity contribution in [2.24, 2.45) is 11.7 Å². The van der Waals surface area contributed by atoms with Gasteiger partial charge in [-0.15, -0.1) is 0 Å². The summed E-state index contributed by atoms with van der Waals surface area (Å²) in [7, 11) is 0. The number of hydrogen-bond acceptors (Lipinski definition) is 5. The van der Waals surface area contributed by atoms with Crippen molar-refractivity contribution in [3.8, 4) is 5.75 Å². The summed E-state index contributed by atoms with van der Waals surface area (Å²) in [6.45, 7) is 4.42. The summed E-state index contributed by atoms with van der Waals surface area (Å²) >= 11 is 0. The van der Waals surface area contributed by atoms with Crippen molar-refractivity contribution < 1.29 is 19.1 Å². The van der Waals surface area contributed by atoms with Crippen LogP contribution < -0.4 is 31.7 Å². The van der Waals surface area contributed by atoms with Crippen LogP contribution in [-0.2, 0) is 9.59 Å². The number of urea groups is 1. The maximum Gasteiger partial charge on any atom is 0.315 e. The molecule has 1 unspecified atom stereocenters. The Kier molecular flexibility index (Phi) is 9.11. The minimum atomic E-state index is -0.573. The fourth-order valence-electron chi connectivity index (χ4n) is 2.99. The average Bonchev–Trinajstić information content (AvgIpc) is 3.54. The molecule has 1 aromatic rings. The summed E-state index contributed by atoms with van der Waals surface area (Å²) in [5.74, 6) is 0.493. The Morgan fingerprint density at radius 1 is 1.23 bits per heavy atom. The quantitative estimate of drug-likeness (QED) is 0.160. The van der Waals surface area contributed by atoms with Crippen LogP contribution in [-0.4, -0.2) is 56.0 Å². The second kappa shape index (κ2) is 11.8. The van der Waals surface area contributed by atoms with Crippen molar-refractivity contribution >= 4 is 23.7 Å². The van der Waals surface area contributed by atoms with E-state index in [9.17, 15) is 14.4 Å². The average molecular weight is 433 g/mol. The molecule has 10 nitrogen and oxygen atoms in total. The highest BCUT2D eigenvalue weighted by Gasteiger charge is 2.30. The molecule has 31 heavy (non-hydrogen) atoms. The van der Waals surface area contributed by atoms with Gasteiger partial charge in [-0.1, -0.05) is 12.8 Å². The van der Waals surface area contributed by atoms with Crippen LogP contribution in [0, 0.1) is 18.3 Å². The van der Waals surface area contributed by atoms with Gasteiger partial charge in [0.2, 0.25) is 11.8 Å². The van der Waals surface area contributed by atoms with Crippen LogP contribution in [0.15, 0.2) is 18.2 Å². The number of nitrogens with two attached hydrogens (primary N) is 1. The molecular weight excluding hydrogens is 400 g/mol. The molecule has 0 saturated heterocycles. The zero-order valence-electron chi connectivity index (χ0n) is 18.0. The molecule has 4 amide bonds. The van der Waals surface area contributed by atoms with Gasteiger partial charge >= 0.3 is 6.03 Å². The zero-order chi connectivity index (χ0) is 22.8. The maximum absolute atomic E-state index is 12.1. The molecule has 1 aliphatic carbocycles. The largest absolute Gasteiger partial charge is 0.491 e. The van der Waals surface area contributed by atoms with Crippen LogP contribution in [0.4, 0.5) is 4.79 Å². The number of amidine groups is 1. The van der Waals surface area contributed by atoms with E-state index in [-0.39, 0.29) is 31.4 Å². The third-order valence-corrected chi connectivity index (χ3v) is 4.81. The fourth-order valence-corrected chi connectivity index (χ4v) is 2.99. The molecule has 0 bridgehead atoms. The van der Waals surface area contributed by atoms with Crippen LogP contribution in [0.25, 0.3) is 0 Å². The van der Waals surface area contributed by atoms with Gasteiger partial charge in [0.25, 0.3) is 0 Å². The molecule has 1 fully saturated rings. The lowest BCUT2D eigenvalue weighted by molar-refractivity contribution is -0.128. The first-order valence-electron chi connectivity index (χ1n) is 10.5. The summed E-state index contributed by atoms with van der Waals surface area (Å²) in [4.78, 5) is 36.1. The number of carbonyl (C=O) groups excluding carboxylic acids is 3. The van der Waals surface area contributed by atoms with E-state index in [0.29, 0.717) is 30.2 Å². The Labute approximate surface area is 182 Å². The molecule has 170 valence electrons. The second-order valence-corrected chi connectivity index (χ2v) is 7.55. The van der Waals surface area contributed by atoms with Crippen LogP contribution in [0.1, 0.15) is 37.3 Å². The topological polar surface area (TPSA) is 158 Å².